The van der Waals surface area contributed by atoms with Gasteiger partial charge in [0.05, 0.1) is 36.5 Å². The number of nitrogens with one attached hydrogen (secondary N) is 3. The van der Waals surface area contributed by atoms with Crippen molar-refractivity contribution in [2.45, 2.75) is 13.1 Å². The first-order valence-electron chi connectivity index (χ1n) is 10.9. The summed E-state index contributed by atoms with van der Waals surface area (Å²) in [5.74, 6) is -2.77. The molecule has 3 amide bonds. The highest BCUT2D eigenvalue weighted by Crippen LogP contribution is 2.33. The number of aromatic nitrogens is 4. The van der Waals surface area contributed by atoms with Gasteiger partial charge in [-0.2, -0.15) is 10.2 Å². The van der Waals surface area contributed by atoms with Crippen LogP contribution in [-0.4, -0.2) is 68.5 Å². The molecule has 0 atom stereocenters. The lowest BCUT2D eigenvalue weighted by Gasteiger charge is -2.09. The summed E-state index contributed by atoms with van der Waals surface area (Å²) in [5.41, 5.74) is 2.19. The summed E-state index contributed by atoms with van der Waals surface area (Å²) in [7, 11) is 0. The van der Waals surface area contributed by atoms with Crippen LogP contribution in [-0.2, 0) is 32.3 Å². The zero-order valence-electron chi connectivity index (χ0n) is 18.9. The molecule has 4 N–H and O–H groups in total. The Labute approximate surface area is 203 Å². The van der Waals surface area contributed by atoms with Crippen LogP contribution in [0.5, 0.6) is 0 Å². The van der Waals surface area contributed by atoms with Crippen LogP contribution in [0.3, 0.4) is 0 Å². The number of carboxylic acid groups (broad SMARTS) is 1. The maximum Gasteiger partial charge on any atom is 0.322 e. The van der Waals surface area contributed by atoms with Crippen molar-refractivity contribution in [3.05, 3.63) is 48.5 Å². The number of rotatable bonds is 11. The van der Waals surface area contributed by atoms with Crippen LogP contribution >= 0.6 is 0 Å². The van der Waals surface area contributed by atoms with Crippen molar-refractivity contribution in [2.24, 2.45) is 0 Å². The summed E-state index contributed by atoms with van der Waals surface area (Å²) in [6.07, 6.45) is 3.69. The Hall–Kier alpha value is -4.81. The SMILES string of the molecule is O=CNCCn1ncc2cc(F)c(-c3cccc4c3cnn4CC(=O)NCC(=O)NCC(=O)O)cc21. The Morgan fingerprint density at radius 2 is 1.75 bits per heavy atom. The van der Waals surface area contributed by atoms with Crippen molar-refractivity contribution in [1.29, 1.82) is 0 Å². The van der Waals surface area contributed by atoms with Crippen molar-refractivity contribution < 1.29 is 28.7 Å². The standard InChI is InChI=1S/C23H22FN7O5/c24-18-6-14-8-28-30(5-4-25-13-32)20(14)7-16(18)15-2-1-3-19-17(15)9-29-31(19)12-22(34)26-10-21(33)27-11-23(35)36/h1-3,6-9,13H,4-5,10-12H2,(H,25,32)(H,26,34)(H,27,33)(H,35,36). The first-order valence-corrected chi connectivity index (χ1v) is 10.9. The molecule has 0 aliphatic carbocycles. The summed E-state index contributed by atoms with van der Waals surface area (Å²) < 4.78 is 18.2. The molecular formula is C23H22FN7O5. The number of nitrogens with zero attached hydrogens (tertiary/aromatic N) is 4. The summed E-state index contributed by atoms with van der Waals surface area (Å²) in [6, 6.07) is 8.30. The van der Waals surface area contributed by atoms with E-state index in [2.05, 4.69) is 26.1 Å². The van der Waals surface area contributed by atoms with Crippen LogP contribution < -0.4 is 16.0 Å². The number of fused-ring (bicyclic) bond motifs is 2. The smallest absolute Gasteiger partial charge is 0.322 e. The van der Waals surface area contributed by atoms with E-state index in [9.17, 15) is 19.2 Å². The van der Waals surface area contributed by atoms with Crippen molar-refractivity contribution in [3.8, 4) is 11.1 Å². The molecule has 4 aromatic rings. The van der Waals surface area contributed by atoms with Gasteiger partial charge in [0.1, 0.15) is 18.9 Å². The number of aliphatic carboxylic acids is 1. The van der Waals surface area contributed by atoms with Crippen molar-refractivity contribution in [2.75, 3.05) is 19.6 Å². The van der Waals surface area contributed by atoms with E-state index in [-0.39, 0.29) is 13.1 Å². The molecule has 2 aromatic carbocycles. The van der Waals surface area contributed by atoms with E-state index in [0.29, 0.717) is 52.4 Å². The monoisotopic (exact) mass is 495 g/mol. The molecule has 2 heterocycles. The zero-order chi connectivity index (χ0) is 25.7. The number of hydrogen-bond donors (Lipinski definition) is 4. The lowest BCUT2D eigenvalue weighted by Crippen LogP contribution is -2.40. The van der Waals surface area contributed by atoms with Crippen LogP contribution in [0.2, 0.25) is 0 Å². The second-order valence-corrected chi connectivity index (χ2v) is 7.82. The predicted molar refractivity (Wildman–Crippen MR) is 126 cm³/mol. The lowest BCUT2D eigenvalue weighted by atomic mass is 10.00. The average molecular weight is 495 g/mol. The lowest BCUT2D eigenvalue weighted by molar-refractivity contribution is -0.137. The minimum Gasteiger partial charge on any atom is -0.480 e. The molecule has 0 fully saturated rings. The minimum atomic E-state index is -1.19. The molecule has 4 rings (SSSR count). The first-order chi connectivity index (χ1) is 17.4. The summed E-state index contributed by atoms with van der Waals surface area (Å²) in [5, 5.41) is 25.5. The van der Waals surface area contributed by atoms with E-state index in [1.54, 1.807) is 35.1 Å². The van der Waals surface area contributed by atoms with Crippen LogP contribution in [0, 0.1) is 5.82 Å². The maximum atomic E-state index is 15.1. The van der Waals surface area contributed by atoms with Crippen LogP contribution in [0.25, 0.3) is 32.9 Å². The first kappa shape index (κ1) is 24.3. The highest BCUT2D eigenvalue weighted by Gasteiger charge is 2.16. The molecule has 0 saturated carbocycles. The number of benzene rings is 2. The van der Waals surface area contributed by atoms with E-state index in [0.717, 1.165) is 0 Å². The maximum absolute atomic E-state index is 15.1. The van der Waals surface area contributed by atoms with E-state index >= 15 is 4.39 Å². The fourth-order valence-corrected chi connectivity index (χ4v) is 3.78. The Morgan fingerprint density at radius 3 is 2.53 bits per heavy atom. The van der Waals surface area contributed by atoms with Gasteiger partial charge in [-0.1, -0.05) is 12.1 Å². The van der Waals surface area contributed by atoms with Gasteiger partial charge in [0.2, 0.25) is 18.2 Å². The molecule has 186 valence electrons. The molecule has 12 nitrogen and oxygen atoms in total. The van der Waals surface area contributed by atoms with E-state index in [1.807, 2.05) is 0 Å². The molecule has 0 bridgehead atoms. The van der Waals surface area contributed by atoms with Gasteiger partial charge in [-0.05, 0) is 23.8 Å². The quantitative estimate of drug-likeness (QED) is 0.171. The van der Waals surface area contributed by atoms with Crippen molar-refractivity contribution in [3.63, 3.8) is 0 Å². The highest BCUT2D eigenvalue weighted by molar-refractivity contribution is 5.97. The molecule has 0 radical (unpaired) electrons. The molecule has 36 heavy (non-hydrogen) atoms. The van der Waals surface area contributed by atoms with Gasteiger partial charge in [0.25, 0.3) is 0 Å². The third-order valence-corrected chi connectivity index (χ3v) is 5.44. The summed E-state index contributed by atoms with van der Waals surface area (Å²) in [6.45, 7) is -0.327. The van der Waals surface area contributed by atoms with Gasteiger partial charge < -0.3 is 21.1 Å². The zero-order valence-corrected chi connectivity index (χ0v) is 18.9. The molecule has 0 spiro atoms. The number of carbonyl (C=O) groups excluding carboxylic acids is 3. The summed E-state index contributed by atoms with van der Waals surface area (Å²) in [4.78, 5) is 44.9. The van der Waals surface area contributed by atoms with Crippen LogP contribution in [0.15, 0.2) is 42.7 Å². The number of carboxylic acids is 1. The van der Waals surface area contributed by atoms with Gasteiger partial charge in [-0.3, -0.25) is 28.5 Å². The molecule has 13 heteroatoms. The topological polar surface area (TPSA) is 160 Å². The van der Waals surface area contributed by atoms with Crippen LogP contribution in [0.1, 0.15) is 0 Å². The summed E-state index contributed by atoms with van der Waals surface area (Å²) >= 11 is 0. The van der Waals surface area contributed by atoms with Gasteiger partial charge in [0, 0.05) is 22.9 Å². The predicted octanol–water partition coefficient (Wildman–Crippen LogP) is 0.255. The van der Waals surface area contributed by atoms with Gasteiger partial charge in [-0.15, -0.1) is 0 Å². The Kier molecular flexibility index (Phi) is 7.18. The molecular weight excluding hydrogens is 473 g/mol. The second kappa shape index (κ2) is 10.6. The number of carbonyl (C=O) groups is 4. The van der Waals surface area contributed by atoms with Crippen molar-refractivity contribution in [1.82, 2.24) is 35.5 Å². The number of halogens is 1. The number of hydrogen-bond acceptors (Lipinski definition) is 6. The van der Waals surface area contributed by atoms with E-state index in [1.165, 1.54) is 16.9 Å². The largest absolute Gasteiger partial charge is 0.480 e. The van der Waals surface area contributed by atoms with Gasteiger partial charge >= 0.3 is 5.97 Å². The second-order valence-electron chi connectivity index (χ2n) is 7.82. The molecule has 0 aliphatic heterocycles. The van der Waals surface area contributed by atoms with Gasteiger partial charge in [0.15, 0.2) is 0 Å². The van der Waals surface area contributed by atoms with Crippen LogP contribution in [0.4, 0.5) is 4.39 Å². The van der Waals surface area contributed by atoms with Gasteiger partial charge in [-0.25, -0.2) is 4.39 Å². The number of amides is 3. The average Bonchev–Trinajstić information content (AvgIpc) is 3.44. The molecule has 0 saturated heterocycles. The molecule has 0 aliphatic rings. The normalized spacial score (nSPS) is 10.9. The van der Waals surface area contributed by atoms with E-state index in [4.69, 9.17) is 5.11 Å². The molecule has 2 aromatic heterocycles. The Balaban J connectivity index is 1.56. The fourth-order valence-electron chi connectivity index (χ4n) is 3.78. The molecule has 0 unspecified atom stereocenters. The highest BCUT2D eigenvalue weighted by atomic mass is 19.1. The third kappa shape index (κ3) is 5.29. The van der Waals surface area contributed by atoms with E-state index < -0.39 is 30.1 Å². The van der Waals surface area contributed by atoms with Crippen molar-refractivity contribution >= 4 is 46.0 Å². The third-order valence-electron chi connectivity index (χ3n) is 5.44. The minimum absolute atomic E-state index is 0.197. The Morgan fingerprint density at radius 1 is 0.972 bits per heavy atom. The Bertz CT molecular complexity index is 1460. The fraction of sp³-hybridized carbons (Fsp3) is 0.217.